The van der Waals surface area contributed by atoms with Gasteiger partial charge in [0.15, 0.2) is 5.16 Å². The van der Waals surface area contributed by atoms with Crippen molar-refractivity contribution in [3.63, 3.8) is 0 Å². The summed E-state index contributed by atoms with van der Waals surface area (Å²) in [5.41, 5.74) is 2.28. The van der Waals surface area contributed by atoms with Gasteiger partial charge in [0.25, 0.3) is 5.56 Å². The third-order valence-electron chi connectivity index (χ3n) is 5.44. The molecule has 1 aliphatic rings. The average molecular weight is 449 g/mol. The Hall–Kier alpha value is -1.54. The summed E-state index contributed by atoms with van der Waals surface area (Å²) in [6, 6.07) is 8.09. The normalized spacial score (nSPS) is 15.3. The van der Waals surface area contributed by atoms with Gasteiger partial charge in [-0.3, -0.25) is 9.69 Å². The second-order valence-corrected chi connectivity index (χ2v) is 10.1. The standard InChI is InChI=1S/C21H25ClN4OS2/c1-14-15(2)29-20-18(14)19(27)23-21(24-20)28-13-3-8-25-9-11-26(12-10-25)17-6-4-16(22)5-7-17/h4-7H,3,8-13H2,1-2H3,(H,23,24,27). The van der Waals surface area contributed by atoms with Gasteiger partial charge in [-0.25, -0.2) is 4.98 Å². The molecule has 2 aromatic heterocycles. The van der Waals surface area contributed by atoms with Crippen LogP contribution in [0, 0.1) is 13.8 Å². The maximum atomic E-state index is 12.4. The fourth-order valence-electron chi connectivity index (χ4n) is 3.64. The zero-order valence-electron chi connectivity index (χ0n) is 16.7. The maximum Gasteiger partial charge on any atom is 0.260 e. The van der Waals surface area contributed by atoms with Crippen LogP contribution in [0.25, 0.3) is 10.2 Å². The largest absolute Gasteiger partial charge is 0.369 e. The van der Waals surface area contributed by atoms with Crippen molar-refractivity contribution in [2.45, 2.75) is 25.4 Å². The van der Waals surface area contributed by atoms with Gasteiger partial charge in [-0.2, -0.15) is 0 Å². The molecule has 0 bridgehead atoms. The second-order valence-electron chi connectivity index (χ2n) is 7.34. The van der Waals surface area contributed by atoms with Crippen molar-refractivity contribution in [2.75, 3.05) is 43.4 Å². The number of piperazine rings is 1. The monoisotopic (exact) mass is 448 g/mol. The third-order valence-corrected chi connectivity index (χ3v) is 7.75. The molecule has 0 atom stereocenters. The molecule has 3 aromatic rings. The van der Waals surface area contributed by atoms with E-state index in [2.05, 4.69) is 31.9 Å². The lowest BCUT2D eigenvalue weighted by Gasteiger charge is -2.36. The lowest BCUT2D eigenvalue weighted by Crippen LogP contribution is -2.46. The Kier molecular flexibility index (Phi) is 6.49. The molecule has 4 rings (SSSR count). The quantitative estimate of drug-likeness (QED) is 0.340. The minimum absolute atomic E-state index is 0.0160. The number of halogens is 1. The minimum atomic E-state index is -0.0160. The second kappa shape index (κ2) is 9.08. The molecule has 0 radical (unpaired) electrons. The van der Waals surface area contributed by atoms with E-state index < -0.39 is 0 Å². The number of nitrogens with zero attached hydrogens (tertiary/aromatic N) is 3. The van der Waals surface area contributed by atoms with Crippen LogP contribution >= 0.6 is 34.7 Å². The number of thiophene rings is 1. The van der Waals surface area contributed by atoms with E-state index >= 15 is 0 Å². The van der Waals surface area contributed by atoms with Crippen molar-refractivity contribution >= 4 is 50.6 Å². The summed E-state index contributed by atoms with van der Waals surface area (Å²) in [6.07, 6.45) is 1.08. The first kappa shape index (κ1) is 20.7. The van der Waals surface area contributed by atoms with Gasteiger partial charge >= 0.3 is 0 Å². The van der Waals surface area contributed by atoms with Gasteiger partial charge in [0.05, 0.1) is 5.39 Å². The molecule has 1 fully saturated rings. The lowest BCUT2D eigenvalue weighted by atomic mass is 10.2. The Balaban J connectivity index is 1.24. The summed E-state index contributed by atoms with van der Waals surface area (Å²) < 4.78 is 0. The topological polar surface area (TPSA) is 52.2 Å². The molecular formula is C21H25ClN4OS2. The van der Waals surface area contributed by atoms with Gasteiger partial charge in [0.2, 0.25) is 0 Å². The number of hydrogen-bond acceptors (Lipinski definition) is 6. The predicted molar refractivity (Wildman–Crippen MR) is 125 cm³/mol. The first-order valence-electron chi connectivity index (χ1n) is 9.87. The molecule has 1 saturated heterocycles. The van der Waals surface area contributed by atoms with E-state index in [1.54, 1.807) is 23.1 Å². The van der Waals surface area contributed by atoms with Gasteiger partial charge in [0.1, 0.15) is 4.83 Å². The summed E-state index contributed by atoms with van der Waals surface area (Å²) in [7, 11) is 0. The Bertz CT molecular complexity index is 1040. The molecule has 29 heavy (non-hydrogen) atoms. The van der Waals surface area contributed by atoms with E-state index in [0.29, 0.717) is 0 Å². The molecular weight excluding hydrogens is 424 g/mol. The molecule has 0 aliphatic carbocycles. The summed E-state index contributed by atoms with van der Waals surface area (Å²) in [6.45, 7) is 9.33. The number of thioether (sulfide) groups is 1. The van der Waals surface area contributed by atoms with Crippen molar-refractivity contribution in [3.8, 4) is 0 Å². The maximum absolute atomic E-state index is 12.4. The number of hydrogen-bond donors (Lipinski definition) is 1. The highest BCUT2D eigenvalue weighted by molar-refractivity contribution is 7.99. The SMILES string of the molecule is Cc1sc2nc(SCCCN3CCN(c4ccc(Cl)cc4)CC3)[nH]c(=O)c2c1C. The van der Waals surface area contributed by atoms with Crippen molar-refractivity contribution in [1.82, 2.24) is 14.9 Å². The molecule has 0 spiro atoms. The summed E-state index contributed by atoms with van der Waals surface area (Å²) >= 11 is 9.23. The summed E-state index contributed by atoms with van der Waals surface area (Å²) in [5, 5.41) is 2.26. The fourth-order valence-corrected chi connectivity index (χ4v) is 5.64. The number of aromatic amines is 1. The minimum Gasteiger partial charge on any atom is -0.369 e. The highest BCUT2D eigenvalue weighted by Gasteiger charge is 2.17. The van der Waals surface area contributed by atoms with Crippen molar-refractivity contribution in [1.29, 1.82) is 0 Å². The number of fused-ring (bicyclic) bond motifs is 1. The van der Waals surface area contributed by atoms with E-state index in [1.165, 1.54) is 5.69 Å². The Morgan fingerprint density at radius 1 is 1.17 bits per heavy atom. The van der Waals surface area contributed by atoms with E-state index in [1.807, 2.05) is 26.0 Å². The van der Waals surface area contributed by atoms with Gasteiger partial charge in [0, 0.05) is 47.5 Å². The number of anilines is 1. The first-order chi connectivity index (χ1) is 14.0. The average Bonchev–Trinajstić information content (AvgIpc) is 3.00. The molecule has 0 saturated carbocycles. The first-order valence-corrected chi connectivity index (χ1v) is 12.0. The van der Waals surface area contributed by atoms with Crippen LogP contribution in [0.4, 0.5) is 5.69 Å². The molecule has 5 nitrogen and oxygen atoms in total. The van der Waals surface area contributed by atoms with Crippen LogP contribution < -0.4 is 10.5 Å². The molecule has 3 heterocycles. The van der Waals surface area contributed by atoms with Crippen LogP contribution in [0.15, 0.2) is 34.2 Å². The van der Waals surface area contributed by atoms with Crippen LogP contribution in [0.5, 0.6) is 0 Å². The Labute approximate surface area is 184 Å². The van der Waals surface area contributed by atoms with Gasteiger partial charge < -0.3 is 9.88 Å². The zero-order valence-corrected chi connectivity index (χ0v) is 19.1. The van der Waals surface area contributed by atoms with Crippen LogP contribution in [0.3, 0.4) is 0 Å². The Morgan fingerprint density at radius 3 is 2.62 bits per heavy atom. The van der Waals surface area contributed by atoms with E-state index in [9.17, 15) is 4.79 Å². The van der Waals surface area contributed by atoms with E-state index in [-0.39, 0.29) is 5.56 Å². The van der Waals surface area contributed by atoms with Gasteiger partial charge in [-0.15, -0.1) is 11.3 Å². The van der Waals surface area contributed by atoms with Crippen molar-refractivity contribution < 1.29 is 0 Å². The zero-order chi connectivity index (χ0) is 20.4. The van der Waals surface area contributed by atoms with Crippen LogP contribution in [0.2, 0.25) is 5.02 Å². The van der Waals surface area contributed by atoms with Crippen LogP contribution in [-0.2, 0) is 0 Å². The predicted octanol–water partition coefficient (Wildman–Crippen LogP) is 4.56. The lowest BCUT2D eigenvalue weighted by molar-refractivity contribution is 0.259. The van der Waals surface area contributed by atoms with Gasteiger partial charge in [-0.05, 0) is 56.6 Å². The summed E-state index contributed by atoms with van der Waals surface area (Å²) in [4.78, 5) is 26.9. The highest BCUT2D eigenvalue weighted by atomic mass is 35.5. The number of H-pyrrole nitrogens is 1. The molecule has 0 amide bonds. The van der Waals surface area contributed by atoms with Crippen LogP contribution in [0.1, 0.15) is 16.9 Å². The fraction of sp³-hybridized carbons (Fsp3) is 0.429. The number of aromatic nitrogens is 2. The number of aryl methyl sites for hydroxylation is 2. The Morgan fingerprint density at radius 2 is 1.90 bits per heavy atom. The molecule has 154 valence electrons. The van der Waals surface area contributed by atoms with Crippen LogP contribution in [-0.4, -0.2) is 53.3 Å². The van der Waals surface area contributed by atoms with Crippen molar-refractivity contribution in [2.24, 2.45) is 0 Å². The summed E-state index contributed by atoms with van der Waals surface area (Å²) in [5.74, 6) is 0.954. The molecule has 8 heteroatoms. The molecule has 1 N–H and O–H groups in total. The highest BCUT2D eigenvalue weighted by Crippen LogP contribution is 2.27. The number of nitrogens with one attached hydrogen (secondary N) is 1. The van der Waals surface area contributed by atoms with Gasteiger partial charge in [-0.1, -0.05) is 23.4 Å². The third kappa shape index (κ3) is 4.79. The van der Waals surface area contributed by atoms with Crippen molar-refractivity contribution in [3.05, 3.63) is 50.1 Å². The molecule has 0 unspecified atom stereocenters. The van der Waals surface area contributed by atoms with E-state index in [0.717, 1.165) is 75.7 Å². The molecule has 1 aliphatic heterocycles. The number of benzene rings is 1. The van der Waals surface area contributed by atoms with E-state index in [4.69, 9.17) is 11.6 Å². The molecule has 1 aromatic carbocycles. The smallest absolute Gasteiger partial charge is 0.260 e. The number of rotatable bonds is 6.